The van der Waals surface area contributed by atoms with E-state index in [0.29, 0.717) is 11.0 Å². The molecule has 0 aliphatic rings. The van der Waals surface area contributed by atoms with E-state index in [9.17, 15) is 0 Å². The van der Waals surface area contributed by atoms with Crippen molar-refractivity contribution < 1.29 is 4.42 Å². The van der Waals surface area contributed by atoms with Crippen molar-refractivity contribution in [2.75, 3.05) is 0 Å². The van der Waals surface area contributed by atoms with Crippen molar-refractivity contribution >= 4 is 33.5 Å². The molecule has 0 aliphatic carbocycles. The number of rotatable bonds is 3. The van der Waals surface area contributed by atoms with Crippen molar-refractivity contribution in [2.24, 2.45) is 0 Å². The first-order valence-electron chi connectivity index (χ1n) is 9.28. The Morgan fingerprint density at radius 3 is 2.39 bits per heavy atom. The molecule has 136 valence electrons. The summed E-state index contributed by atoms with van der Waals surface area (Å²) in [5, 5.41) is 2.62. The molecule has 0 fully saturated rings. The van der Waals surface area contributed by atoms with Crippen LogP contribution in [0.4, 0.5) is 0 Å². The fourth-order valence-electron chi connectivity index (χ4n) is 3.65. The molecule has 4 heteroatoms. The van der Waals surface area contributed by atoms with Crippen molar-refractivity contribution in [3.63, 3.8) is 0 Å². The third kappa shape index (κ3) is 2.67. The largest absolute Gasteiger partial charge is 0.455 e. The van der Waals surface area contributed by atoms with Gasteiger partial charge >= 0.3 is 0 Å². The summed E-state index contributed by atoms with van der Waals surface area (Å²) >= 11 is 6.58. The quantitative estimate of drug-likeness (QED) is 0.317. The van der Waals surface area contributed by atoms with Gasteiger partial charge in [-0.05, 0) is 18.6 Å². The maximum Gasteiger partial charge on any atom is 0.165 e. The first kappa shape index (κ1) is 17.0. The molecule has 28 heavy (non-hydrogen) atoms. The van der Waals surface area contributed by atoms with Crippen LogP contribution in [0.3, 0.4) is 0 Å². The second kappa shape index (κ2) is 6.77. The van der Waals surface area contributed by atoms with Crippen LogP contribution in [-0.4, -0.2) is 9.97 Å². The second-order valence-electron chi connectivity index (χ2n) is 6.67. The van der Waals surface area contributed by atoms with Gasteiger partial charge in [0.2, 0.25) is 0 Å². The average Bonchev–Trinajstić information content (AvgIpc) is 3.12. The normalized spacial score (nSPS) is 11.4. The predicted octanol–water partition coefficient (Wildman–Crippen LogP) is 6.93. The summed E-state index contributed by atoms with van der Waals surface area (Å²) in [6, 6.07) is 24.2. The highest BCUT2D eigenvalue weighted by molar-refractivity contribution is 6.30. The van der Waals surface area contributed by atoms with E-state index in [1.54, 1.807) is 0 Å². The molecular formula is C24H17ClN2O. The second-order valence-corrected chi connectivity index (χ2v) is 7.02. The van der Waals surface area contributed by atoms with Crippen molar-refractivity contribution in [1.29, 1.82) is 0 Å². The molecule has 5 rings (SSSR count). The number of hydrogen-bond donors (Lipinski definition) is 0. The summed E-state index contributed by atoms with van der Waals surface area (Å²) in [6.07, 6.45) is 0.762. The fraction of sp³-hybridized carbons (Fsp3) is 0.0833. The van der Waals surface area contributed by atoms with Gasteiger partial charge in [-0.1, -0.05) is 79.2 Å². The van der Waals surface area contributed by atoms with Crippen LogP contribution in [0.2, 0.25) is 5.15 Å². The maximum atomic E-state index is 6.58. The lowest BCUT2D eigenvalue weighted by Gasteiger charge is -2.11. The first-order chi connectivity index (χ1) is 13.8. The Bertz CT molecular complexity index is 1310. The molecule has 0 saturated carbocycles. The maximum absolute atomic E-state index is 6.58. The molecule has 0 spiro atoms. The summed E-state index contributed by atoms with van der Waals surface area (Å²) in [7, 11) is 0. The average molecular weight is 385 g/mol. The Kier molecular flexibility index (Phi) is 4.10. The van der Waals surface area contributed by atoms with Crippen LogP contribution < -0.4 is 0 Å². The van der Waals surface area contributed by atoms with E-state index >= 15 is 0 Å². The van der Waals surface area contributed by atoms with E-state index in [0.717, 1.165) is 50.7 Å². The highest BCUT2D eigenvalue weighted by Crippen LogP contribution is 2.36. The van der Waals surface area contributed by atoms with Crippen LogP contribution >= 0.6 is 11.6 Å². The topological polar surface area (TPSA) is 38.9 Å². The van der Waals surface area contributed by atoms with Gasteiger partial charge in [-0.25, -0.2) is 9.97 Å². The molecule has 2 aromatic heterocycles. The Morgan fingerprint density at radius 1 is 0.821 bits per heavy atom. The SMILES string of the molecule is CCc1c(Cl)nc(-c2cccc3c2oc2ccccc23)nc1-c1ccccc1. The Morgan fingerprint density at radius 2 is 1.57 bits per heavy atom. The van der Waals surface area contributed by atoms with Gasteiger partial charge in [0, 0.05) is 21.9 Å². The molecule has 0 radical (unpaired) electrons. The number of fused-ring (bicyclic) bond motifs is 3. The van der Waals surface area contributed by atoms with Crippen LogP contribution in [0.15, 0.2) is 77.2 Å². The van der Waals surface area contributed by atoms with Crippen molar-refractivity contribution in [1.82, 2.24) is 9.97 Å². The van der Waals surface area contributed by atoms with E-state index < -0.39 is 0 Å². The molecule has 0 atom stereocenters. The highest BCUT2D eigenvalue weighted by Gasteiger charge is 2.18. The van der Waals surface area contributed by atoms with Crippen molar-refractivity contribution in [3.8, 4) is 22.6 Å². The number of benzene rings is 3. The van der Waals surface area contributed by atoms with E-state index in [1.807, 2.05) is 60.7 Å². The summed E-state index contributed by atoms with van der Waals surface area (Å²) in [5.74, 6) is 0.575. The van der Waals surface area contributed by atoms with Crippen molar-refractivity contribution in [2.45, 2.75) is 13.3 Å². The van der Waals surface area contributed by atoms with Crippen LogP contribution in [0, 0.1) is 0 Å². The molecular weight excluding hydrogens is 368 g/mol. The Balaban J connectivity index is 1.80. The lowest BCUT2D eigenvalue weighted by Crippen LogP contribution is -2.00. The molecule has 0 amide bonds. The number of para-hydroxylation sites is 2. The number of furan rings is 1. The minimum Gasteiger partial charge on any atom is -0.455 e. The molecule has 0 N–H and O–H groups in total. The zero-order chi connectivity index (χ0) is 19.1. The predicted molar refractivity (Wildman–Crippen MR) is 115 cm³/mol. The first-order valence-corrected chi connectivity index (χ1v) is 9.66. The van der Waals surface area contributed by atoms with Crippen LogP contribution in [0.1, 0.15) is 12.5 Å². The van der Waals surface area contributed by atoms with Gasteiger partial charge < -0.3 is 4.42 Å². The van der Waals surface area contributed by atoms with Crippen LogP contribution in [0.25, 0.3) is 44.6 Å². The van der Waals surface area contributed by atoms with Gasteiger partial charge in [0.1, 0.15) is 16.3 Å². The van der Waals surface area contributed by atoms with Gasteiger partial charge in [-0.3, -0.25) is 0 Å². The molecule has 0 aliphatic heterocycles. The van der Waals surface area contributed by atoms with Crippen molar-refractivity contribution in [3.05, 3.63) is 83.5 Å². The number of halogens is 1. The number of hydrogen-bond acceptors (Lipinski definition) is 3. The zero-order valence-electron chi connectivity index (χ0n) is 15.3. The smallest absolute Gasteiger partial charge is 0.165 e. The minimum atomic E-state index is 0.486. The number of nitrogens with zero attached hydrogens (tertiary/aromatic N) is 2. The van der Waals surface area contributed by atoms with Gasteiger partial charge in [-0.15, -0.1) is 0 Å². The monoisotopic (exact) mass is 384 g/mol. The standard InChI is InChI=1S/C24H17ClN2O/c1-2-16-21(15-9-4-3-5-10-15)26-24(27-23(16)25)19-13-8-12-18-17-11-6-7-14-20(17)28-22(18)19/h3-14H,2H2,1H3. The third-order valence-corrected chi connectivity index (χ3v) is 5.32. The van der Waals surface area contributed by atoms with E-state index in [2.05, 4.69) is 24.0 Å². The molecule has 0 bridgehead atoms. The molecule has 3 aromatic carbocycles. The van der Waals surface area contributed by atoms with Crippen LogP contribution in [0.5, 0.6) is 0 Å². The lowest BCUT2D eigenvalue weighted by atomic mass is 10.0. The van der Waals surface area contributed by atoms with E-state index in [4.69, 9.17) is 21.0 Å². The molecule has 5 aromatic rings. The van der Waals surface area contributed by atoms with Gasteiger partial charge in [0.15, 0.2) is 5.82 Å². The molecule has 0 unspecified atom stereocenters. The van der Waals surface area contributed by atoms with E-state index in [1.165, 1.54) is 0 Å². The third-order valence-electron chi connectivity index (χ3n) is 5.00. The minimum absolute atomic E-state index is 0.486. The Labute approximate surface area is 167 Å². The molecule has 0 saturated heterocycles. The Hall–Kier alpha value is -3.17. The van der Waals surface area contributed by atoms with Crippen LogP contribution in [-0.2, 0) is 6.42 Å². The fourth-order valence-corrected chi connectivity index (χ4v) is 3.95. The zero-order valence-corrected chi connectivity index (χ0v) is 16.1. The molecule has 2 heterocycles. The summed E-state index contributed by atoms with van der Waals surface area (Å²) < 4.78 is 6.16. The lowest BCUT2D eigenvalue weighted by molar-refractivity contribution is 0.669. The van der Waals surface area contributed by atoms with Gasteiger partial charge in [0.25, 0.3) is 0 Å². The molecule has 3 nitrogen and oxygen atoms in total. The summed E-state index contributed by atoms with van der Waals surface area (Å²) in [6.45, 7) is 2.07. The highest BCUT2D eigenvalue weighted by atomic mass is 35.5. The van der Waals surface area contributed by atoms with E-state index in [-0.39, 0.29) is 0 Å². The summed E-state index contributed by atoms with van der Waals surface area (Å²) in [5.41, 5.74) is 5.32. The summed E-state index contributed by atoms with van der Waals surface area (Å²) in [4.78, 5) is 9.52. The van der Waals surface area contributed by atoms with Gasteiger partial charge in [0.05, 0.1) is 11.3 Å². The number of aromatic nitrogens is 2. The van der Waals surface area contributed by atoms with Gasteiger partial charge in [-0.2, -0.15) is 0 Å².